The zero-order valence-electron chi connectivity index (χ0n) is 10.2. The topological polar surface area (TPSA) is 32.8 Å². The predicted octanol–water partition coefficient (Wildman–Crippen LogP) is 1.70. The Kier molecular flexibility index (Phi) is 4.04. The molecular formula is C12H22N2O2. The molecule has 2 heterocycles. The third-order valence-corrected chi connectivity index (χ3v) is 3.49. The molecule has 4 nitrogen and oxygen atoms in total. The van der Waals surface area contributed by atoms with E-state index in [0.29, 0.717) is 13.2 Å². The van der Waals surface area contributed by atoms with Gasteiger partial charge in [0.2, 0.25) is 0 Å². The Balaban J connectivity index is 1.93. The summed E-state index contributed by atoms with van der Waals surface area (Å²) in [7, 11) is 0. The van der Waals surface area contributed by atoms with E-state index in [4.69, 9.17) is 4.74 Å². The number of rotatable bonds is 0. The first-order valence-electron chi connectivity index (χ1n) is 6.42. The van der Waals surface area contributed by atoms with Crippen LogP contribution in [0.3, 0.4) is 0 Å². The molecule has 0 aromatic carbocycles. The molecule has 0 aromatic rings. The lowest BCUT2D eigenvalue weighted by molar-refractivity contribution is 0.0105. The normalized spacial score (nSPS) is 27.7. The quantitative estimate of drug-likeness (QED) is 0.630. The Morgan fingerprint density at radius 2 is 1.81 bits per heavy atom. The molecule has 0 N–H and O–H groups in total. The Bertz CT molecular complexity index is 237. The molecule has 0 radical (unpaired) electrons. The van der Waals surface area contributed by atoms with Crippen LogP contribution in [0.15, 0.2) is 0 Å². The van der Waals surface area contributed by atoms with Crippen LogP contribution in [-0.2, 0) is 4.74 Å². The number of urea groups is 1. The van der Waals surface area contributed by atoms with Gasteiger partial charge in [-0.15, -0.1) is 0 Å². The lowest BCUT2D eigenvalue weighted by atomic mass is 10.2. The first-order valence-corrected chi connectivity index (χ1v) is 6.42. The number of ether oxygens (including phenoxy) is 1. The van der Waals surface area contributed by atoms with Crippen molar-refractivity contribution in [3.8, 4) is 0 Å². The second kappa shape index (κ2) is 5.53. The number of hydrogen-bond donors (Lipinski definition) is 0. The Labute approximate surface area is 97.5 Å². The SMILES string of the molecule is CC1COCCN1C(=O)N1CCCCCC1. The highest BCUT2D eigenvalue weighted by atomic mass is 16.5. The minimum Gasteiger partial charge on any atom is -0.377 e. The van der Waals surface area contributed by atoms with E-state index in [1.807, 2.05) is 9.80 Å². The lowest BCUT2D eigenvalue weighted by Gasteiger charge is -2.37. The first-order chi connectivity index (χ1) is 7.79. The minimum absolute atomic E-state index is 0.220. The summed E-state index contributed by atoms with van der Waals surface area (Å²) >= 11 is 0. The van der Waals surface area contributed by atoms with E-state index < -0.39 is 0 Å². The number of hydrogen-bond acceptors (Lipinski definition) is 2. The summed E-state index contributed by atoms with van der Waals surface area (Å²) in [5, 5.41) is 0. The van der Waals surface area contributed by atoms with Gasteiger partial charge in [0.25, 0.3) is 0 Å². The monoisotopic (exact) mass is 226 g/mol. The van der Waals surface area contributed by atoms with E-state index in [9.17, 15) is 4.79 Å². The van der Waals surface area contributed by atoms with E-state index in [-0.39, 0.29) is 12.1 Å². The van der Waals surface area contributed by atoms with Gasteiger partial charge in [0.05, 0.1) is 19.3 Å². The highest BCUT2D eigenvalue weighted by molar-refractivity contribution is 5.75. The van der Waals surface area contributed by atoms with Crippen molar-refractivity contribution in [1.82, 2.24) is 9.80 Å². The first kappa shape index (κ1) is 11.7. The molecular weight excluding hydrogens is 204 g/mol. The molecule has 2 fully saturated rings. The van der Waals surface area contributed by atoms with E-state index >= 15 is 0 Å². The maximum atomic E-state index is 12.3. The van der Waals surface area contributed by atoms with Gasteiger partial charge in [0.15, 0.2) is 0 Å². The highest BCUT2D eigenvalue weighted by Gasteiger charge is 2.27. The van der Waals surface area contributed by atoms with Crippen molar-refractivity contribution in [2.45, 2.75) is 38.6 Å². The molecule has 0 saturated carbocycles. The second-order valence-electron chi connectivity index (χ2n) is 4.80. The van der Waals surface area contributed by atoms with Gasteiger partial charge in [-0.3, -0.25) is 0 Å². The van der Waals surface area contributed by atoms with Gasteiger partial charge in [0.1, 0.15) is 0 Å². The summed E-state index contributed by atoms with van der Waals surface area (Å²) in [6, 6.07) is 0.446. The van der Waals surface area contributed by atoms with Crippen molar-refractivity contribution in [3.05, 3.63) is 0 Å². The Hall–Kier alpha value is -0.770. The van der Waals surface area contributed by atoms with Crippen LogP contribution >= 0.6 is 0 Å². The van der Waals surface area contributed by atoms with Gasteiger partial charge < -0.3 is 14.5 Å². The fourth-order valence-electron chi connectivity index (χ4n) is 2.45. The molecule has 2 rings (SSSR count). The van der Waals surface area contributed by atoms with Gasteiger partial charge in [-0.05, 0) is 19.8 Å². The smallest absolute Gasteiger partial charge is 0.320 e. The molecule has 0 aromatic heterocycles. The van der Waals surface area contributed by atoms with Crippen molar-refractivity contribution >= 4 is 6.03 Å². The second-order valence-corrected chi connectivity index (χ2v) is 4.80. The summed E-state index contributed by atoms with van der Waals surface area (Å²) in [6.45, 7) is 6.04. The summed E-state index contributed by atoms with van der Waals surface area (Å²) in [5.74, 6) is 0. The van der Waals surface area contributed by atoms with Gasteiger partial charge >= 0.3 is 6.03 Å². The zero-order chi connectivity index (χ0) is 11.4. The molecule has 0 spiro atoms. The third-order valence-electron chi connectivity index (χ3n) is 3.49. The Morgan fingerprint density at radius 3 is 2.44 bits per heavy atom. The lowest BCUT2D eigenvalue weighted by Crippen LogP contribution is -2.52. The number of likely N-dealkylation sites (tertiary alicyclic amines) is 1. The number of nitrogens with zero attached hydrogens (tertiary/aromatic N) is 2. The molecule has 2 amide bonds. The van der Waals surface area contributed by atoms with Crippen LogP contribution < -0.4 is 0 Å². The van der Waals surface area contributed by atoms with Gasteiger partial charge in [-0.25, -0.2) is 4.79 Å². The van der Waals surface area contributed by atoms with E-state index in [1.54, 1.807) is 0 Å². The highest BCUT2D eigenvalue weighted by Crippen LogP contribution is 2.14. The number of carbonyl (C=O) groups is 1. The molecule has 0 bridgehead atoms. The fraction of sp³-hybridized carbons (Fsp3) is 0.917. The average molecular weight is 226 g/mol. The van der Waals surface area contributed by atoms with E-state index in [0.717, 1.165) is 32.5 Å². The van der Waals surface area contributed by atoms with Gasteiger partial charge in [0, 0.05) is 19.6 Å². The molecule has 2 aliphatic heterocycles. The van der Waals surface area contributed by atoms with Crippen LogP contribution in [0.5, 0.6) is 0 Å². The van der Waals surface area contributed by atoms with E-state index in [2.05, 4.69) is 6.92 Å². The molecule has 1 unspecified atom stereocenters. The van der Waals surface area contributed by atoms with Crippen LogP contribution in [0, 0.1) is 0 Å². The van der Waals surface area contributed by atoms with Crippen LogP contribution in [0.2, 0.25) is 0 Å². The van der Waals surface area contributed by atoms with Crippen LogP contribution in [0.1, 0.15) is 32.6 Å². The minimum atomic E-state index is 0.220. The Morgan fingerprint density at radius 1 is 1.12 bits per heavy atom. The zero-order valence-corrected chi connectivity index (χ0v) is 10.2. The van der Waals surface area contributed by atoms with Crippen molar-refractivity contribution in [1.29, 1.82) is 0 Å². The third kappa shape index (κ3) is 2.67. The summed E-state index contributed by atoms with van der Waals surface area (Å²) in [4.78, 5) is 16.3. The summed E-state index contributed by atoms with van der Waals surface area (Å²) in [5.41, 5.74) is 0. The standard InChI is InChI=1S/C12H22N2O2/c1-11-10-16-9-8-14(11)12(15)13-6-4-2-3-5-7-13/h11H,2-10H2,1H3. The van der Waals surface area contributed by atoms with Crippen molar-refractivity contribution < 1.29 is 9.53 Å². The summed E-state index contributed by atoms with van der Waals surface area (Å²) < 4.78 is 5.36. The average Bonchev–Trinajstić information content (AvgIpc) is 2.57. The van der Waals surface area contributed by atoms with Gasteiger partial charge in [-0.2, -0.15) is 0 Å². The predicted molar refractivity (Wildman–Crippen MR) is 62.4 cm³/mol. The fourth-order valence-corrected chi connectivity index (χ4v) is 2.45. The number of amides is 2. The maximum Gasteiger partial charge on any atom is 0.320 e. The molecule has 1 atom stereocenters. The van der Waals surface area contributed by atoms with Crippen molar-refractivity contribution in [2.75, 3.05) is 32.8 Å². The number of morpholine rings is 1. The summed E-state index contributed by atoms with van der Waals surface area (Å²) in [6.07, 6.45) is 4.85. The van der Waals surface area contributed by atoms with Crippen LogP contribution in [0.25, 0.3) is 0 Å². The van der Waals surface area contributed by atoms with Gasteiger partial charge in [-0.1, -0.05) is 12.8 Å². The van der Waals surface area contributed by atoms with Crippen LogP contribution in [0.4, 0.5) is 4.79 Å². The van der Waals surface area contributed by atoms with E-state index in [1.165, 1.54) is 12.8 Å². The number of carbonyl (C=O) groups excluding carboxylic acids is 1. The molecule has 2 saturated heterocycles. The maximum absolute atomic E-state index is 12.3. The van der Waals surface area contributed by atoms with Crippen LogP contribution in [-0.4, -0.2) is 54.7 Å². The van der Waals surface area contributed by atoms with Crippen molar-refractivity contribution in [2.24, 2.45) is 0 Å². The molecule has 2 aliphatic rings. The molecule has 0 aliphatic carbocycles. The largest absolute Gasteiger partial charge is 0.377 e. The molecule has 4 heteroatoms. The molecule has 92 valence electrons. The van der Waals surface area contributed by atoms with Crippen molar-refractivity contribution in [3.63, 3.8) is 0 Å². The molecule has 16 heavy (non-hydrogen) atoms.